The van der Waals surface area contributed by atoms with E-state index < -0.39 is 0 Å². The van der Waals surface area contributed by atoms with E-state index in [1.165, 1.54) is 53.2 Å². The Bertz CT molecular complexity index is 2840. The monoisotopic (exact) mass is 643 g/mol. The zero-order valence-electron chi connectivity index (χ0n) is 26.5. The van der Waals surface area contributed by atoms with Gasteiger partial charge in [-0.05, 0) is 93.7 Å². The van der Waals surface area contributed by atoms with Gasteiger partial charge in [0.15, 0.2) is 0 Å². The van der Waals surface area contributed by atoms with Crippen molar-refractivity contribution in [1.29, 1.82) is 0 Å². The van der Waals surface area contributed by atoms with Crippen LogP contribution in [-0.4, -0.2) is 0 Å². The van der Waals surface area contributed by atoms with Crippen LogP contribution in [0.1, 0.15) is 0 Å². The summed E-state index contributed by atoms with van der Waals surface area (Å²) in [5.74, 6) is 0. The molecule has 49 heavy (non-hydrogen) atoms. The predicted octanol–water partition coefficient (Wildman–Crippen LogP) is 13.9. The van der Waals surface area contributed by atoms with E-state index in [1.54, 1.807) is 0 Å². The molecule has 0 N–H and O–H groups in total. The summed E-state index contributed by atoms with van der Waals surface area (Å²) < 4.78 is 8.85. The molecule has 0 bridgehead atoms. The van der Waals surface area contributed by atoms with Crippen LogP contribution in [0.5, 0.6) is 0 Å². The molecule has 0 spiro atoms. The number of furan rings is 1. The van der Waals surface area contributed by atoms with Gasteiger partial charge in [-0.2, -0.15) is 0 Å². The number of hydrogen-bond acceptors (Lipinski definition) is 3. The minimum absolute atomic E-state index is 0.890. The minimum atomic E-state index is 0.890. The van der Waals surface area contributed by atoms with Crippen LogP contribution in [0.3, 0.4) is 0 Å². The lowest BCUT2D eigenvalue weighted by molar-refractivity contribution is 0.669. The molecule has 0 aliphatic rings. The third-order valence-electron chi connectivity index (χ3n) is 9.66. The average Bonchev–Trinajstić information content (AvgIpc) is 3.73. The van der Waals surface area contributed by atoms with Crippen molar-refractivity contribution in [2.75, 3.05) is 4.90 Å². The van der Waals surface area contributed by atoms with E-state index in [4.69, 9.17) is 4.42 Å². The summed E-state index contributed by atoms with van der Waals surface area (Å²) in [7, 11) is 0. The Kier molecular flexibility index (Phi) is 6.39. The fourth-order valence-corrected chi connectivity index (χ4v) is 8.44. The summed E-state index contributed by atoms with van der Waals surface area (Å²) in [6, 6.07) is 63.3. The third-order valence-corrected chi connectivity index (χ3v) is 10.8. The number of nitrogens with zero attached hydrogens (tertiary/aromatic N) is 1. The van der Waals surface area contributed by atoms with Crippen molar-refractivity contribution < 1.29 is 4.42 Å². The average molecular weight is 644 g/mol. The molecule has 0 atom stereocenters. The van der Waals surface area contributed by atoms with E-state index in [9.17, 15) is 0 Å². The molecule has 2 heterocycles. The van der Waals surface area contributed by atoms with Crippen LogP contribution in [0.4, 0.5) is 17.1 Å². The first-order valence-electron chi connectivity index (χ1n) is 16.6. The van der Waals surface area contributed by atoms with Gasteiger partial charge in [0.05, 0.1) is 0 Å². The van der Waals surface area contributed by atoms with E-state index in [1.807, 2.05) is 23.5 Å². The second-order valence-corrected chi connectivity index (χ2v) is 13.6. The molecule has 230 valence electrons. The highest BCUT2D eigenvalue weighted by molar-refractivity contribution is 7.25. The van der Waals surface area contributed by atoms with Gasteiger partial charge in [0, 0.05) is 48.0 Å². The molecule has 0 saturated carbocycles. The van der Waals surface area contributed by atoms with Crippen LogP contribution < -0.4 is 4.90 Å². The number of anilines is 3. The summed E-state index contributed by atoms with van der Waals surface area (Å²) in [6.07, 6.45) is 0. The van der Waals surface area contributed by atoms with Crippen LogP contribution in [-0.2, 0) is 0 Å². The van der Waals surface area contributed by atoms with Crippen molar-refractivity contribution in [3.8, 4) is 22.3 Å². The Labute approximate surface area is 287 Å². The van der Waals surface area contributed by atoms with Gasteiger partial charge in [-0.3, -0.25) is 0 Å². The fourth-order valence-electron chi connectivity index (χ4n) is 7.30. The predicted molar refractivity (Wildman–Crippen MR) is 210 cm³/mol. The van der Waals surface area contributed by atoms with Crippen LogP contribution in [0.25, 0.3) is 75.1 Å². The van der Waals surface area contributed by atoms with Gasteiger partial charge in [-0.15, -0.1) is 11.3 Å². The number of benzene rings is 8. The number of thiophene rings is 1. The molecule has 2 aromatic heterocycles. The number of hydrogen-bond donors (Lipinski definition) is 0. The largest absolute Gasteiger partial charge is 0.456 e. The maximum Gasteiger partial charge on any atom is 0.135 e. The topological polar surface area (TPSA) is 16.4 Å². The van der Waals surface area contributed by atoms with E-state index >= 15 is 0 Å². The zero-order valence-corrected chi connectivity index (χ0v) is 27.3. The Morgan fingerprint density at radius 3 is 1.94 bits per heavy atom. The summed E-state index contributed by atoms with van der Waals surface area (Å²) in [5, 5.41) is 7.37. The van der Waals surface area contributed by atoms with Crippen LogP contribution in [0, 0.1) is 0 Å². The van der Waals surface area contributed by atoms with E-state index in [0.717, 1.165) is 39.0 Å². The van der Waals surface area contributed by atoms with Crippen molar-refractivity contribution in [3.63, 3.8) is 0 Å². The van der Waals surface area contributed by atoms with Gasteiger partial charge in [-0.25, -0.2) is 0 Å². The first kappa shape index (κ1) is 27.9. The van der Waals surface area contributed by atoms with Crippen molar-refractivity contribution in [1.82, 2.24) is 0 Å². The molecule has 3 heteroatoms. The van der Waals surface area contributed by atoms with Crippen LogP contribution in [0.15, 0.2) is 180 Å². The van der Waals surface area contributed by atoms with Crippen molar-refractivity contribution in [2.24, 2.45) is 0 Å². The first-order valence-corrected chi connectivity index (χ1v) is 17.4. The standard InChI is InChI=1S/C46H29NOS/c1-2-13-37-30(9-1)10-8-16-38(37)31-19-22-34(23-20-31)47(36-24-26-44-42(29-36)39-14-3-5-17-43(39)48-44)35-12-7-11-32(27-35)33-21-25-41-40-15-4-6-18-45(40)49-46(41)28-33/h1-29H. The minimum Gasteiger partial charge on any atom is -0.456 e. The first-order chi connectivity index (χ1) is 24.3. The highest BCUT2D eigenvalue weighted by atomic mass is 32.1. The molecule has 0 unspecified atom stereocenters. The van der Waals surface area contributed by atoms with Crippen LogP contribution >= 0.6 is 11.3 Å². The van der Waals surface area contributed by atoms with Gasteiger partial charge in [0.25, 0.3) is 0 Å². The Morgan fingerprint density at radius 2 is 1.02 bits per heavy atom. The fraction of sp³-hybridized carbons (Fsp3) is 0. The zero-order chi connectivity index (χ0) is 32.3. The smallest absolute Gasteiger partial charge is 0.135 e. The molecule has 10 aromatic rings. The lowest BCUT2D eigenvalue weighted by atomic mass is 9.98. The summed E-state index contributed by atoms with van der Waals surface area (Å²) in [5.41, 5.74) is 9.89. The van der Waals surface area contributed by atoms with Gasteiger partial charge in [-0.1, -0.05) is 115 Å². The van der Waals surface area contributed by atoms with Gasteiger partial charge in [0.2, 0.25) is 0 Å². The molecular weight excluding hydrogens is 615 g/mol. The third kappa shape index (κ3) is 4.70. The summed E-state index contributed by atoms with van der Waals surface area (Å²) >= 11 is 1.86. The molecule has 0 amide bonds. The molecule has 8 aromatic carbocycles. The molecular formula is C46H29NOS. The van der Waals surface area contributed by atoms with Gasteiger partial charge >= 0.3 is 0 Å². The quantitative estimate of drug-likeness (QED) is 0.186. The maximum atomic E-state index is 6.21. The molecule has 0 aliphatic heterocycles. The molecule has 0 radical (unpaired) electrons. The highest BCUT2D eigenvalue weighted by Crippen LogP contribution is 2.42. The van der Waals surface area contributed by atoms with Gasteiger partial charge < -0.3 is 9.32 Å². The normalized spacial score (nSPS) is 11.7. The molecule has 10 rings (SSSR count). The molecule has 0 saturated heterocycles. The molecule has 2 nitrogen and oxygen atoms in total. The van der Waals surface area contributed by atoms with E-state index in [0.29, 0.717) is 0 Å². The highest BCUT2D eigenvalue weighted by Gasteiger charge is 2.17. The number of rotatable bonds is 5. The number of fused-ring (bicyclic) bond motifs is 7. The Morgan fingerprint density at radius 1 is 0.367 bits per heavy atom. The molecule has 0 fully saturated rings. The van der Waals surface area contributed by atoms with E-state index in [-0.39, 0.29) is 0 Å². The summed E-state index contributed by atoms with van der Waals surface area (Å²) in [6.45, 7) is 0. The lowest BCUT2D eigenvalue weighted by Gasteiger charge is -2.26. The van der Waals surface area contributed by atoms with Crippen molar-refractivity contribution in [3.05, 3.63) is 176 Å². The van der Waals surface area contributed by atoms with Crippen molar-refractivity contribution >= 4 is 81.3 Å². The second-order valence-electron chi connectivity index (χ2n) is 12.5. The maximum absolute atomic E-state index is 6.21. The number of para-hydroxylation sites is 1. The molecule has 0 aliphatic carbocycles. The van der Waals surface area contributed by atoms with E-state index in [2.05, 4.69) is 169 Å². The Hall–Kier alpha value is -6.16. The summed E-state index contributed by atoms with van der Waals surface area (Å²) in [4.78, 5) is 2.36. The second kappa shape index (κ2) is 11.2. The SMILES string of the molecule is c1cc(-c2ccc3c(c2)sc2ccccc23)cc(N(c2ccc(-c3cccc4ccccc34)cc2)c2ccc3oc4ccccc4c3c2)c1. The van der Waals surface area contributed by atoms with Gasteiger partial charge in [0.1, 0.15) is 11.2 Å². The Balaban J connectivity index is 1.12. The van der Waals surface area contributed by atoms with Crippen molar-refractivity contribution in [2.45, 2.75) is 0 Å². The lowest BCUT2D eigenvalue weighted by Crippen LogP contribution is -2.10. The van der Waals surface area contributed by atoms with Crippen LogP contribution in [0.2, 0.25) is 0 Å².